The lowest BCUT2D eigenvalue weighted by Crippen LogP contribution is -2.54. The van der Waals surface area contributed by atoms with Gasteiger partial charge in [-0.1, -0.05) is 26.7 Å². The van der Waals surface area contributed by atoms with Crippen LogP contribution in [-0.2, 0) is 0 Å². The second kappa shape index (κ2) is 5.13. The SMILES string of the molecule is CC1(C)CCCCC1N1CCCC(NC2CC2)C1. The molecule has 0 bridgehead atoms. The zero-order valence-electron chi connectivity index (χ0n) is 12.3. The van der Waals surface area contributed by atoms with E-state index >= 15 is 0 Å². The second-order valence-electron chi connectivity index (χ2n) is 7.53. The molecule has 18 heavy (non-hydrogen) atoms. The van der Waals surface area contributed by atoms with Crippen LogP contribution < -0.4 is 5.32 Å². The van der Waals surface area contributed by atoms with E-state index in [9.17, 15) is 0 Å². The fraction of sp³-hybridized carbons (Fsp3) is 1.00. The lowest BCUT2D eigenvalue weighted by Gasteiger charge is -2.48. The summed E-state index contributed by atoms with van der Waals surface area (Å²) in [6, 6.07) is 2.49. The summed E-state index contributed by atoms with van der Waals surface area (Å²) in [5.41, 5.74) is 0.541. The Bertz CT molecular complexity index is 283. The Morgan fingerprint density at radius 3 is 2.50 bits per heavy atom. The summed E-state index contributed by atoms with van der Waals surface area (Å²) in [7, 11) is 0. The van der Waals surface area contributed by atoms with E-state index in [-0.39, 0.29) is 0 Å². The first-order chi connectivity index (χ1) is 8.65. The summed E-state index contributed by atoms with van der Waals surface area (Å²) in [5, 5.41) is 3.85. The van der Waals surface area contributed by atoms with Gasteiger partial charge >= 0.3 is 0 Å². The van der Waals surface area contributed by atoms with Gasteiger partial charge in [-0.05, 0) is 50.5 Å². The Kier molecular flexibility index (Phi) is 3.68. The van der Waals surface area contributed by atoms with Gasteiger partial charge in [0.1, 0.15) is 0 Å². The summed E-state index contributed by atoms with van der Waals surface area (Å²) in [4.78, 5) is 2.82. The lowest BCUT2D eigenvalue weighted by atomic mass is 9.72. The molecule has 3 fully saturated rings. The highest BCUT2D eigenvalue weighted by molar-refractivity contribution is 4.94. The summed E-state index contributed by atoms with van der Waals surface area (Å²) >= 11 is 0. The normalized spacial score (nSPS) is 37.7. The van der Waals surface area contributed by atoms with Crippen LogP contribution in [0, 0.1) is 5.41 Å². The second-order valence-corrected chi connectivity index (χ2v) is 7.53. The predicted molar refractivity (Wildman–Crippen MR) is 76.8 cm³/mol. The molecule has 1 aliphatic heterocycles. The molecule has 1 heterocycles. The molecule has 2 nitrogen and oxygen atoms in total. The van der Waals surface area contributed by atoms with Gasteiger partial charge in [-0.3, -0.25) is 4.90 Å². The van der Waals surface area contributed by atoms with E-state index in [1.807, 2.05) is 0 Å². The summed E-state index contributed by atoms with van der Waals surface area (Å²) in [5.74, 6) is 0. The fourth-order valence-corrected chi connectivity index (χ4v) is 4.16. The van der Waals surface area contributed by atoms with E-state index in [1.165, 1.54) is 64.5 Å². The molecule has 0 amide bonds. The van der Waals surface area contributed by atoms with Crippen LogP contribution in [-0.4, -0.2) is 36.1 Å². The van der Waals surface area contributed by atoms with Gasteiger partial charge in [0.05, 0.1) is 0 Å². The molecule has 0 aromatic heterocycles. The molecule has 0 spiro atoms. The summed E-state index contributed by atoms with van der Waals surface area (Å²) in [6.45, 7) is 7.64. The van der Waals surface area contributed by atoms with Crippen molar-refractivity contribution in [3.8, 4) is 0 Å². The molecule has 104 valence electrons. The van der Waals surface area contributed by atoms with Crippen molar-refractivity contribution in [1.29, 1.82) is 0 Å². The van der Waals surface area contributed by atoms with Crippen molar-refractivity contribution in [2.24, 2.45) is 5.41 Å². The van der Waals surface area contributed by atoms with Crippen LogP contribution in [0.3, 0.4) is 0 Å². The maximum absolute atomic E-state index is 3.85. The fourth-order valence-electron chi connectivity index (χ4n) is 4.16. The third-order valence-electron chi connectivity index (χ3n) is 5.39. The maximum atomic E-state index is 3.85. The third-order valence-corrected chi connectivity index (χ3v) is 5.39. The number of nitrogens with zero attached hydrogens (tertiary/aromatic N) is 1. The standard InChI is InChI=1S/C16H30N2/c1-16(2)10-4-3-7-15(16)18-11-5-6-14(12-18)17-13-8-9-13/h13-15,17H,3-12H2,1-2H3. The number of hydrogen-bond acceptors (Lipinski definition) is 2. The lowest BCUT2D eigenvalue weighted by molar-refractivity contribution is 0.0265. The quantitative estimate of drug-likeness (QED) is 0.827. The zero-order valence-corrected chi connectivity index (χ0v) is 12.3. The van der Waals surface area contributed by atoms with Crippen LogP contribution >= 0.6 is 0 Å². The molecular weight excluding hydrogens is 220 g/mol. The average Bonchev–Trinajstić information content (AvgIpc) is 3.13. The number of piperidine rings is 1. The third kappa shape index (κ3) is 2.91. The van der Waals surface area contributed by atoms with Crippen molar-refractivity contribution in [3.63, 3.8) is 0 Å². The van der Waals surface area contributed by atoms with E-state index < -0.39 is 0 Å². The molecule has 2 unspecified atom stereocenters. The monoisotopic (exact) mass is 250 g/mol. The van der Waals surface area contributed by atoms with E-state index in [1.54, 1.807) is 0 Å². The molecule has 2 aliphatic carbocycles. The van der Waals surface area contributed by atoms with Gasteiger partial charge in [0.2, 0.25) is 0 Å². The van der Waals surface area contributed by atoms with Gasteiger partial charge in [-0.15, -0.1) is 0 Å². The van der Waals surface area contributed by atoms with Crippen molar-refractivity contribution >= 4 is 0 Å². The van der Waals surface area contributed by atoms with E-state index in [0.717, 1.165) is 18.1 Å². The number of nitrogens with one attached hydrogen (secondary N) is 1. The maximum Gasteiger partial charge on any atom is 0.0198 e. The topological polar surface area (TPSA) is 15.3 Å². The molecule has 3 rings (SSSR count). The van der Waals surface area contributed by atoms with Gasteiger partial charge in [0.25, 0.3) is 0 Å². The van der Waals surface area contributed by atoms with Crippen LogP contribution in [0.25, 0.3) is 0 Å². The highest BCUT2D eigenvalue weighted by atomic mass is 15.2. The molecular formula is C16H30N2. The minimum atomic E-state index is 0.541. The van der Waals surface area contributed by atoms with Crippen LogP contribution in [0.15, 0.2) is 0 Å². The minimum Gasteiger partial charge on any atom is -0.310 e. The number of likely N-dealkylation sites (tertiary alicyclic amines) is 1. The Balaban J connectivity index is 1.59. The van der Waals surface area contributed by atoms with Crippen LogP contribution in [0.1, 0.15) is 65.2 Å². The zero-order chi connectivity index (χ0) is 12.6. The Labute approximate surface area is 113 Å². The predicted octanol–water partition coefficient (Wildman–Crippen LogP) is 3.17. The van der Waals surface area contributed by atoms with Gasteiger partial charge in [0, 0.05) is 24.7 Å². The van der Waals surface area contributed by atoms with Gasteiger partial charge in [-0.25, -0.2) is 0 Å². The van der Waals surface area contributed by atoms with Crippen molar-refractivity contribution in [1.82, 2.24) is 10.2 Å². The Morgan fingerprint density at radius 2 is 1.78 bits per heavy atom. The van der Waals surface area contributed by atoms with E-state index in [4.69, 9.17) is 0 Å². The van der Waals surface area contributed by atoms with Gasteiger partial charge < -0.3 is 5.32 Å². The molecule has 0 aromatic rings. The first-order valence-electron chi connectivity index (χ1n) is 8.15. The van der Waals surface area contributed by atoms with E-state index in [0.29, 0.717) is 5.41 Å². The van der Waals surface area contributed by atoms with Gasteiger partial charge in [-0.2, -0.15) is 0 Å². The number of rotatable bonds is 3. The molecule has 2 heteroatoms. The molecule has 1 N–H and O–H groups in total. The highest BCUT2D eigenvalue weighted by Gasteiger charge is 2.38. The molecule has 1 saturated heterocycles. The van der Waals surface area contributed by atoms with E-state index in [2.05, 4.69) is 24.1 Å². The largest absolute Gasteiger partial charge is 0.310 e. The Hall–Kier alpha value is -0.0800. The molecule has 2 atom stereocenters. The molecule has 0 radical (unpaired) electrons. The summed E-state index contributed by atoms with van der Waals surface area (Å²) < 4.78 is 0. The minimum absolute atomic E-state index is 0.541. The first-order valence-corrected chi connectivity index (χ1v) is 8.15. The first kappa shape index (κ1) is 12.9. The van der Waals surface area contributed by atoms with Crippen LogP contribution in [0.4, 0.5) is 0 Å². The number of hydrogen-bond donors (Lipinski definition) is 1. The highest BCUT2D eigenvalue weighted by Crippen LogP contribution is 2.39. The smallest absolute Gasteiger partial charge is 0.0198 e. The van der Waals surface area contributed by atoms with Crippen LogP contribution in [0.2, 0.25) is 0 Å². The van der Waals surface area contributed by atoms with Gasteiger partial charge in [0.15, 0.2) is 0 Å². The average molecular weight is 250 g/mol. The van der Waals surface area contributed by atoms with Crippen molar-refractivity contribution in [2.75, 3.05) is 13.1 Å². The molecule has 3 aliphatic rings. The summed E-state index contributed by atoms with van der Waals surface area (Å²) in [6.07, 6.45) is 11.4. The Morgan fingerprint density at radius 1 is 0.944 bits per heavy atom. The molecule has 0 aromatic carbocycles. The van der Waals surface area contributed by atoms with Crippen molar-refractivity contribution < 1.29 is 0 Å². The van der Waals surface area contributed by atoms with Crippen molar-refractivity contribution in [2.45, 2.75) is 83.3 Å². The van der Waals surface area contributed by atoms with Crippen LogP contribution in [0.5, 0.6) is 0 Å². The van der Waals surface area contributed by atoms with Crippen molar-refractivity contribution in [3.05, 3.63) is 0 Å². The molecule has 2 saturated carbocycles.